The number of ether oxygens (including phenoxy) is 1. The van der Waals surface area contributed by atoms with Crippen LogP contribution < -0.4 is 0 Å². The minimum Gasteiger partial charge on any atom is -0.508 e. The van der Waals surface area contributed by atoms with Crippen molar-refractivity contribution < 1.29 is 28.5 Å². The summed E-state index contributed by atoms with van der Waals surface area (Å²) in [4.78, 5) is 11.1. The maximum absolute atomic E-state index is 13.5. The number of carbonyl (C=O) groups excluding carboxylic acids is 1. The summed E-state index contributed by atoms with van der Waals surface area (Å²) in [5, 5.41) is 18.4. The van der Waals surface area contributed by atoms with E-state index in [0.29, 0.717) is 12.1 Å². The van der Waals surface area contributed by atoms with Gasteiger partial charge in [0.25, 0.3) is 0 Å². The van der Waals surface area contributed by atoms with E-state index in [-0.39, 0.29) is 11.9 Å². The zero-order valence-electron chi connectivity index (χ0n) is 8.49. The van der Waals surface area contributed by atoms with E-state index >= 15 is 0 Å². The second kappa shape index (κ2) is 5.31. The van der Waals surface area contributed by atoms with Gasteiger partial charge in [-0.2, -0.15) is 8.78 Å². The Kier molecular flexibility index (Phi) is 4.28. The number of alkyl halides is 3. The second-order valence-electron chi connectivity index (χ2n) is 3.14. The molecule has 4 nitrogen and oxygen atoms in total. The minimum atomic E-state index is -3.92. The van der Waals surface area contributed by atoms with Gasteiger partial charge in [-0.3, -0.25) is 0 Å². The van der Waals surface area contributed by atoms with Crippen LogP contribution in [0.25, 0.3) is 0 Å². The maximum atomic E-state index is 13.5. The van der Waals surface area contributed by atoms with Crippen LogP contribution in [0.3, 0.4) is 0 Å². The van der Waals surface area contributed by atoms with E-state index in [1.165, 1.54) is 0 Å². The Morgan fingerprint density at radius 1 is 1.29 bits per heavy atom. The lowest BCUT2D eigenvalue weighted by Crippen LogP contribution is -2.28. The van der Waals surface area contributed by atoms with Crippen molar-refractivity contribution in [1.29, 1.82) is 0 Å². The van der Waals surface area contributed by atoms with E-state index in [0.717, 1.165) is 6.07 Å². The summed E-state index contributed by atoms with van der Waals surface area (Å²) in [6.45, 7) is -0.195. The topological polar surface area (TPSA) is 66.8 Å². The summed E-state index contributed by atoms with van der Waals surface area (Å²) < 4.78 is 31.3. The minimum absolute atomic E-state index is 0.195. The van der Waals surface area contributed by atoms with Crippen LogP contribution in [0.5, 0.6) is 11.5 Å². The first kappa shape index (κ1) is 13.7. The first-order valence-electron chi connectivity index (χ1n) is 4.52. The molecule has 2 N–H and O–H groups in total. The van der Waals surface area contributed by atoms with Crippen LogP contribution in [0, 0.1) is 0 Å². The molecule has 1 aromatic carbocycles. The molecule has 0 saturated carbocycles. The number of benzene rings is 1. The Bertz CT molecular complexity index is 403. The van der Waals surface area contributed by atoms with Gasteiger partial charge in [0.05, 0.1) is 0 Å². The highest BCUT2D eigenvalue weighted by Gasteiger charge is 2.43. The van der Waals surface area contributed by atoms with Crippen molar-refractivity contribution in [3.63, 3.8) is 0 Å². The Morgan fingerprint density at radius 2 is 1.82 bits per heavy atom. The molecule has 0 heterocycles. The fraction of sp³-hybridized carbons (Fsp3) is 0.300. The van der Waals surface area contributed by atoms with Crippen molar-refractivity contribution in [3.8, 4) is 11.5 Å². The average molecular weight is 311 g/mol. The third kappa shape index (κ3) is 3.29. The van der Waals surface area contributed by atoms with Crippen molar-refractivity contribution >= 4 is 21.9 Å². The van der Waals surface area contributed by atoms with Crippen molar-refractivity contribution in [3.05, 3.63) is 23.8 Å². The molecule has 0 bridgehead atoms. The second-order valence-corrected chi connectivity index (χ2v) is 3.93. The van der Waals surface area contributed by atoms with Crippen molar-refractivity contribution in [2.75, 3.05) is 11.9 Å². The van der Waals surface area contributed by atoms with Crippen molar-refractivity contribution in [2.45, 2.75) is 5.92 Å². The molecule has 0 aliphatic rings. The van der Waals surface area contributed by atoms with E-state index in [1.807, 2.05) is 0 Å². The van der Waals surface area contributed by atoms with Gasteiger partial charge in [0.15, 0.2) is 0 Å². The Balaban J connectivity index is 2.99. The first-order valence-corrected chi connectivity index (χ1v) is 5.64. The molecule has 7 heteroatoms. The van der Waals surface area contributed by atoms with Gasteiger partial charge in [-0.25, -0.2) is 4.79 Å². The number of halogens is 3. The molecule has 0 amide bonds. The molecular weight excluding hydrogens is 302 g/mol. The Hall–Kier alpha value is -1.37. The highest BCUT2D eigenvalue weighted by molar-refractivity contribution is 9.09. The smallest absolute Gasteiger partial charge is 0.382 e. The van der Waals surface area contributed by atoms with Crippen molar-refractivity contribution in [2.24, 2.45) is 0 Å². The molecule has 0 radical (unpaired) electrons. The zero-order valence-corrected chi connectivity index (χ0v) is 10.1. The third-order valence-electron chi connectivity index (χ3n) is 1.83. The highest BCUT2D eigenvalue weighted by Crippen LogP contribution is 2.34. The first-order chi connectivity index (χ1) is 7.87. The Labute approximate surface area is 104 Å². The van der Waals surface area contributed by atoms with Gasteiger partial charge in [0.1, 0.15) is 18.1 Å². The molecule has 0 saturated heterocycles. The van der Waals surface area contributed by atoms with E-state index in [2.05, 4.69) is 20.7 Å². The van der Waals surface area contributed by atoms with Crippen molar-refractivity contribution in [1.82, 2.24) is 0 Å². The van der Waals surface area contributed by atoms with Gasteiger partial charge in [-0.15, -0.1) is 0 Å². The Morgan fingerprint density at radius 3 is 2.29 bits per heavy atom. The monoisotopic (exact) mass is 310 g/mol. The quantitative estimate of drug-likeness (QED) is 0.660. The largest absolute Gasteiger partial charge is 0.508 e. The van der Waals surface area contributed by atoms with Gasteiger partial charge in [-0.05, 0) is 12.1 Å². The normalized spacial score (nSPS) is 11.2. The molecule has 0 atom stereocenters. The van der Waals surface area contributed by atoms with Crippen LogP contribution in [0.4, 0.5) is 8.78 Å². The van der Waals surface area contributed by atoms with Crippen LogP contribution in [0.1, 0.15) is 5.56 Å². The van der Waals surface area contributed by atoms with Gasteiger partial charge in [-0.1, -0.05) is 15.9 Å². The predicted molar refractivity (Wildman–Crippen MR) is 58.4 cm³/mol. The predicted octanol–water partition coefficient (Wildman–Crippen LogP) is 2.13. The number of phenolic OH excluding ortho intramolecular Hbond substituents is 2. The number of hydrogen-bond donors (Lipinski definition) is 2. The van der Waals surface area contributed by atoms with Gasteiger partial charge in [0, 0.05) is 17.0 Å². The summed E-state index contributed by atoms with van der Waals surface area (Å²) >= 11 is 2.92. The van der Waals surface area contributed by atoms with Crippen LogP contribution >= 0.6 is 15.9 Å². The average Bonchev–Trinajstić information content (AvgIpc) is 2.24. The SMILES string of the molecule is O=C(OCCBr)C(F)(F)c1cc(O)cc(O)c1. The molecular formula is C10H9BrF2O4. The summed E-state index contributed by atoms with van der Waals surface area (Å²) in [7, 11) is 0. The fourth-order valence-corrected chi connectivity index (χ4v) is 1.28. The molecule has 1 rings (SSSR count). The molecule has 0 spiro atoms. The molecule has 17 heavy (non-hydrogen) atoms. The zero-order chi connectivity index (χ0) is 13.1. The number of hydrogen-bond acceptors (Lipinski definition) is 4. The van der Waals surface area contributed by atoms with Crippen LogP contribution in [0.2, 0.25) is 0 Å². The molecule has 94 valence electrons. The van der Waals surface area contributed by atoms with E-state index < -0.39 is 29.0 Å². The maximum Gasteiger partial charge on any atom is 0.382 e. The van der Waals surface area contributed by atoms with Crippen LogP contribution in [-0.2, 0) is 15.5 Å². The summed E-state index contributed by atoms with van der Waals surface area (Å²) in [5.74, 6) is -6.78. The number of phenols is 2. The van der Waals surface area contributed by atoms with E-state index in [1.54, 1.807) is 0 Å². The molecule has 0 fully saturated rings. The van der Waals surface area contributed by atoms with Gasteiger partial charge in [0.2, 0.25) is 0 Å². The summed E-state index contributed by atoms with van der Waals surface area (Å²) in [6, 6.07) is 2.26. The van der Waals surface area contributed by atoms with E-state index in [9.17, 15) is 13.6 Å². The number of carbonyl (C=O) groups is 1. The molecule has 0 aromatic heterocycles. The van der Waals surface area contributed by atoms with Gasteiger partial charge >= 0.3 is 11.9 Å². The van der Waals surface area contributed by atoms with E-state index in [4.69, 9.17) is 10.2 Å². The number of aromatic hydroxyl groups is 2. The lowest BCUT2D eigenvalue weighted by molar-refractivity contribution is -0.172. The summed E-state index contributed by atoms with van der Waals surface area (Å²) in [5.41, 5.74) is -0.824. The number of rotatable bonds is 4. The molecule has 0 aliphatic heterocycles. The highest BCUT2D eigenvalue weighted by atomic mass is 79.9. The molecule has 1 aromatic rings. The third-order valence-corrected chi connectivity index (χ3v) is 2.16. The number of esters is 1. The van der Waals surface area contributed by atoms with Gasteiger partial charge < -0.3 is 14.9 Å². The lowest BCUT2D eigenvalue weighted by Gasteiger charge is -2.15. The standard InChI is InChI=1S/C10H9BrF2O4/c11-1-2-17-9(16)10(12,13)6-3-7(14)5-8(15)4-6/h3-5,14-15H,1-2H2. The lowest BCUT2D eigenvalue weighted by atomic mass is 10.1. The molecule has 0 aliphatic carbocycles. The van der Waals surface area contributed by atoms with Crippen LogP contribution in [-0.4, -0.2) is 28.1 Å². The fourth-order valence-electron chi connectivity index (χ4n) is 1.12. The van der Waals surface area contributed by atoms with Crippen LogP contribution in [0.15, 0.2) is 18.2 Å². The summed E-state index contributed by atoms with van der Waals surface area (Å²) in [6.07, 6.45) is 0. The molecule has 0 unspecified atom stereocenters.